The molecular weight excluding hydrogens is 398 g/mol. The zero-order chi connectivity index (χ0) is 20.3. The van der Waals surface area contributed by atoms with Crippen molar-refractivity contribution in [2.75, 3.05) is 13.1 Å². The third kappa shape index (κ3) is 4.10. The summed E-state index contributed by atoms with van der Waals surface area (Å²) < 4.78 is 27.6. The molecule has 2 aromatic carbocycles. The Labute approximate surface area is 168 Å². The molecular formula is C19H19N3O4S2. The highest BCUT2D eigenvalue weighted by molar-refractivity contribution is 8.15. The van der Waals surface area contributed by atoms with Crippen LogP contribution in [0.1, 0.15) is 16.4 Å². The molecule has 146 valence electrons. The molecule has 0 aromatic heterocycles. The van der Waals surface area contributed by atoms with E-state index in [1.165, 1.54) is 28.2 Å². The van der Waals surface area contributed by atoms with E-state index < -0.39 is 14.9 Å². The van der Waals surface area contributed by atoms with Crippen molar-refractivity contribution in [1.29, 1.82) is 0 Å². The van der Waals surface area contributed by atoms with E-state index in [1.807, 2.05) is 6.92 Å². The number of thioether (sulfide) groups is 1. The number of hydrogen-bond donors (Lipinski definition) is 0. The van der Waals surface area contributed by atoms with Crippen molar-refractivity contribution >= 4 is 32.6 Å². The Morgan fingerprint density at radius 2 is 1.89 bits per heavy atom. The van der Waals surface area contributed by atoms with Gasteiger partial charge >= 0.3 is 0 Å². The van der Waals surface area contributed by atoms with Crippen LogP contribution < -0.4 is 0 Å². The molecule has 1 aliphatic rings. The Bertz CT molecular complexity index is 1020. The molecule has 2 aromatic rings. The highest BCUT2D eigenvalue weighted by atomic mass is 32.2. The standard InChI is InChI=1S/C19H19N3O4S2/c1-3-12-20-19-21(28(25,26)17-10-4-14(2)5-11-17)13-18(27-19)15-6-8-16(9-7-15)22(23)24/h3-11,18H,1,12-13H2,2H3. The molecule has 1 atom stereocenters. The molecule has 0 saturated carbocycles. The predicted molar refractivity (Wildman–Crippen MR) is 111 cm³/mol. The summed E-state index contributed by atoms with van der Waals surface area (Å²) in [6.07, 6.45) is 1.60. The molecule has 9 heteroatoms. The number of rotatable bonds is 6. The summed E-state index contributed by atoms with van der Waals surface area (Å²) in [6.45, 7) is 6.03. The number of nitro groups is 1. The number of hydrogen-bond acceptors (Lipinski definition) is 6. The van der Waals surface area contributed by atoms with Crippen LogP contribution in [0.15, 0.2) is 71.1 Å². The number of benzene rings is 2. The van der Waals surface area contributed by atoms with Gasteiger partial charge in [-0.15, -0.1) is 6.58 Å². The van der Waals surface area contributed by atoms with Gasteiger partial charge < -0.3 is 0 Å². The summed E-state index contributed by atoms with van der Waals surface area (Å²) in [5.41, 5.74) is 1.78. The summed E-state index contributed by atoms with van der Waals surface area (Å²) in [6, 6.07) is 12.8. The molecule has 1 aliphatic heterocycles. The zero-order valence-electron chi connectivity index (χ0n) is 15.2. The van der Waals surface area contributed by atoms with Crippen LogP contribution in [0, 0.1) is 17.0 Å². The van der Waals surface area contributed by atoms with E-state index in [4.69, 9.17) is 0 Å². The van der Waals surface area contributed by atoms with Gasteiger partial charge in [0, 0.05) is 12.1 Å². The Kier molecular flexibility index (Phi) is 5.85. The first-order chi connectivity index (χ1) is 13.3. The van der Waals surface area contributed by atoms with Gasteiger partial charge in [0.05, 0.1) is 28.2 Å². The lowest BCUT2D eigenvalue weighted by molar-refractivity contribution is -0.384. The van der Waals surface area contributed by atoms with Gasteiger partial charge in [0.25, 0.3) is 15.7 Å². The van der Waals surface area contributed by atoms with Crippen LogP contribution in [0.2, 0.25) is 0 Å². The molecule has 0 radical (unpaired) electrons. The van der Waals surface area contributed by atoms with Crippen LogP contribution in [0.25, 0.3) is 0 Å². The lowest BCUT2D eigenvalue weighted by Crippen LogP contribution is -2.32. The van der Waals surface area contributed by atoms with Crippen LogP contribution in [0.3, 0.4) is 0 Å². The van der Waals surface area contributed by atoms with E-state index in [9.17, 15) is 18.5 Å². The van der Waals surface area contributed by atoms with Gasteiger partial charge in [-0.3, -0.25) is 15.1 Å². The van der Waals surface area contributed by atoms with Crippen molar-refractivity contribution in [3.05, 3.63) is 82.4 Å². The van der Waals surface area contributed by atoms with E-state index in [-0.39, 0.29) is 22.4 Å². The number of aliphatic imine (C=N–C) groups is 1. The highest BCUT2D eigenvalue weighted by Gasteiger charge is 2.38. The average molecular weight is 418 g/mol. The van der Waals surface area contributed by atoms with Crippen LogP contribution in [0.4, 0.5) is 5.69 Å². The number of sulfonamides is 1. The number of amidine groups is 1. The van der Waals surface area contributed by atoms with Crippen molar-refractivity contribution in [2.24, 2.45) is 4.99 Å². The van der Waals surface area contributed by atoms with Gasteiger partial charge in [-0.25, -0.2) is 12.7 Å². The van der Waals surface area contributed by atoms with E-state index in [1.54, 1.807) is 42.5 Å². The van der Waals surface area contributed by atoms with Gasteiger partial charge in [0.15, 0.2) is 5.17 Å². The monoisotopic (exact) mass is 417 g/mol. The van der Waals surface area contributed by atoms with Gasteiger partial charge in [-0.1, -0.05) is 47.7 Å². The molecule has 1 fully saturated rings. The Balaban J connectivity index is 1.94. The summed E-state index contributed by atoms with van der Waals surface area (Å²) in [5.74, 6) is 0. The lowest BCUT2D eigenvalue weighted by Gasteiger charge is -2.18. The second-order valence-electron chi connectivity index (χ2n) is 6.22. The van der Waals surface area contributed by atoms with E-state index in [0.29, 0.717) is 11.7 Å². The van der Waals surface area contributed by atoms with Crippen molar-refractivity contribution in [2.45, 2.75) is 17.1 Å². The molecule has 7 nitrogen and oxygen atoms in total. The minimum Gasteiger partial charge on any atom is -0.258 e. The molecule has 28 heavy (non-hydrogen) atoms. The van der Waals surface area contributed by atoms with Gasteiger partial charge in [-0.05, 0) is 24.6 Å². The van der Waals surface area contributed by atoms with Crippen LogP contribution in [0.5, 0.6) is 0 Å². The fourth-order valence-electron chi connectivity index (χ4n) is 2.73. The molecule has 0 N–H and O–H groups in total. The van der Waals surface area contributed by atoms with E-state index in [0.717, 1.165) is 11.1 Å². The average Bonchev–Trinajstić information content (AvgIpc) is 3.12. The Morgan fingerprint density at radius 3 is 2.46 bits per heavy atom. The number of aryl methyl sites for hydroxylation is 1. The molecule has 0 amide bonds. The summed E-state index contributed by atoms with van der Waals surface area (Å²) in [4.78, 5) is 14.9. The van der Waals surface area contributed by atoms with Crippen LogP contribution in [-0.2, 0) is 10.0 Å². The second-order valence-corrected chi connectivity index (χ2v) is 9.25. The molecule has 0 spiro atoms. The molecule has 1 saturated heterocycles. The van der Waals surface area contributed by atoms with Crippen molar-refractivity contribution < 1.29 is 13.3 Å². The number of nitrogens with zero attached hydrogens (tertiary/aromatic N) is 3. The maximum atomic E-state index is 13.2. The van der Waals surface area contributed by atoms with Gasteiger partial charge in [-0.2, -0.15) is 0 Å². The fraction of sp³-hybridized carbons (Fsp3) is 0.211. The summed E-state index contributed by atoms with van der Waals surface area (Å²) in [7, 11) is -3.76. The Hall–Kier alpha value is -2.65. The summed E-state index contributed by atoms with van der Waals surface area (Å²) >= 11 is 1.33. The maximum absolute atomic E-state index is 13.2. The highest BCUT2D eigenvalue weighted by Crippen LogP contribution is 2.41. The molecule has 0 bridgehead atoms. The van der Waals surface area contributed by atoms with E-state index in [2.05, 4.69) is 11.6 Å². The quantitative estimate of drug-likeness (QED) is 0.403. The number of non-ortho nitro benzene ring substituents is 1. The Morgan fingerprint density at radius 1 is 1.25 bits per heavy atom. The molecule has 1 heterocycles. The SMILES string of the molecule is C=CCN=C1SC(c2ccc([N+](=O)[O-])cc2)CN1S(=O)(=O)c1ccc(C)cc1. The minimum absolute atomic E-state index is 0.00331. The van der Waals surface area contributed by atoms with Crippen molar-refractivity contribution in [3.63, 3.8) is 0 Å². The largest absolute Gasteiger partial charge is 0.269 e. The molecule has 0 aliphatic carbocycles. The fourth-order valence-corrected chi connectivity index (χ4v) is 5.71. The van der Waals surface area contributed by atoms with Crippen LogP contribution in [-0.4, -0.2) is 35.9 Å². The normalized spacial score (nSPS) is 18.4. The first-order valence-electron chi connectivity index (χ1n) is 8.48. The van der Waals surface area contributed by atoms with Crippen LogP contribution >= 0.6 is 11.8 Å². The van der Waals surface area contributed by atoms with E-state index >= 15 is 0 Å². The third-order valence-electron chi connectivity index (χ3n) is 4.23. The van der Waals surface area contributed by atoms with Crippen molar-refractivity contribution in [1.82, 2.24) is 4.31 Å². The lowest BCUT2D eigenvalue weighted by atomic mass is 10.1. The molecule has 3 rings (SSSR count). The van der Waals surface area contributed by atoms with Gasteiger partial charge in [0.2, 0.25) is 0 Å². The third-order valence-corrected chi connectivity index (χ3v) is 7.38. The molecule has 1 unspecified atom stereocenters. The predicted octanol–water partition coefficient (Wildman–Crippen LogP) is 3.92. The second kappa shape index (κ2) is 8.15. The first kappa shape index (κ1) is 20.1. The number of nitro benzene ring substituents is 1. The topological polar surface area (TPSA) is 92.9 Å². The smallest absolute Gasteiger partial charge is 0.258 e. The minimum atomic E-state index is -3.76. The van der Waals surface area contributed by atoms with Crippen molar-refractivity contribution in [3.8, 4) is 0 Å². The first-order valence-corrected chi connectivity index (χ1v) is 10.8. The summed E-state index contributed by atoms with van der Waals surface area (Å²) in [5, 5.41) is 11.0. The maximum Gasteiger partial charge on any atom is 0.269 e. The van der Waals surface area contributed by atoms with Gasteiger partial charge in [0.1, 0.15) is 0 Å². The zero-order valence-corrected chi connectivity index (χ0v) is 16.8.